The molecule has 3 aromatic rings. The molecule has 146 valence electrons. The standard InChI is InChI=1S/C21H22N2O5/c1-23(2,3)13-12-16(21(24)25)15-10-7-11-17-18(14-8-5-4-6-9-14)20(22(26)27)28-19(15)17/h4-11,16H,12-13H2,1-3H3/p+1. The minimum absolute atomic E-state index is 0.266. The van der Waals surface area contributed by atoms with Crippen molar-refractivity contribution in [1.82, 2.24) is 0 Å². The van der Waals surface area contributed by atoms with E-state index in [1.807, 2.05) is 27.2 Å². The molecule has 2 aromatic carbocycles. The zero-order valence-corrected chi connectivity index (χ0v) is 16.1. The number of carbonyl (C=O) groups is 1. The summed E-state index contributed by atoms with van der Waals surface area (Å²) in [7, 11) is 5.97. The second-order valence-electron chi connectivity index (χ2n) is 7.82. The lowest BCUT2D eigenvalue weighted by molar-refractivity contribution is -0.870. The first-order valence-corrected chi connectivity index (χ1v) is 8.97. The van der Waals surface area contributed by atoms with Crippen LogP contribution in [0.4, 0.5) is 5.88 Å². The van der Waals surface area contributed by atoms with Crippen LogP contribution in [0, 0.1) is 10.1 Å². The number of aliphatic carboxylic acids is 1. The van der Waals surface area contributed by atoms with Gasteiger partial charge in [0, 0.05) is 17.4 Å². The number of hydrogen-bond acceptors (Lipinski definition) is 4. The monoisotopic (exact) mass is 383 g/mol. The van der Waals surface area contributed by atoms with Crippen molar-refractivity contribution in [3.05, 3.63) is 64.2 Å². The van der Waals surface area contributed by atoms with Crippen molar-refractivity contribution in [1.29, 1.82) is 0 Å². The number of fused-ring (bicyclic) bond motifs is 1. The summed E-state index contributed by atoms with van der Waals surface area (Å²) >= 11 is 0. The number of carboxylic acids is 1. The molecule has 0 bridgehead atoms. The molecule has 7 heteroatoms. The number of nitro groups is 1. The molecule has 0 fully saturated rings. The van der Waals surface area contributed by atoms with Crippen molar-refractivity contribution in [2.24, 2.45) is 0 Å². The van der Waals surface area contributed by atoms with E-state index < -0.39 is 16.8 Å². The molecular formula is C21H23N2O5+. The third-order valence-electron chi connectivity index (χ3n) is 4.72. The van der Waals surface area contributed by atoms with Gasteiger partial charge in [0.05, 0.1) is 33.6 Å². The second-order valence-corrected chi connectivity index (χ2v) is 7.82. The van der Waals surface area contributed by atoms with E-state index >= 15 is 0 Å². The van der Waals surface area contributed by atoms with Crippen LogP contribution < -0.4 is 0 Å². The summed E-state index contributed by atoms with van der Waals surface area (Å²) in [5.74, 6) is -2.15. The van der Waals surface area contributed by atoms with E-state index in [-0.39, 0.29) is 11.5 Å². The Labute approximate surface area is 162 Å². The van der Waals surface area contributed by atoms with Crippen LogP contribution in [0.3, 0.4) is 0 Å². The molecule has 1 heterocycles. The summed E-state index contributed by atoms with van der Waals surface area (Å²) in [5, 5.41) is 22.0. The Hall–Kier alpha value is -3.19. The highest BCUT2D eigenvalue weighted by atomic mass is 16.6. The Morgan fingerprint density at radius 1 is 1.14 bits per heavy atom. The van der Waals surface area contributed by atoms with Crippen LogP contribution in [0.1, 0.15) is 17.9 Å². The number of hydrogen-bond donors (Lipinski definition) is 1. The first kappa shape index (κ1) is 19.6. The van der Waals surface area contributed by atoms with E-state index in [0.29, 0.717) is 39.5 Å². The highest BCUT2D eigenvalue weighted by Gasteiger charge is 2.31. The molecule has 1 atom stereocenters. The molecule has 3 rings (SSSR count). The molecule has 0 radical (unpaired) electrons. The molecule has 1 N–H and O–H groups in total. The lowest BCUT2D eigenvalue weighted by Gasteiger charge is -2.25. The van der Waals surface area contributed by atoms with E-state index in [2.05, 4.69) is 0 Å². The largest absolute Gasteiger partial charge is 0.481 e. The molecule has 0 saturated carbocycles. The molecule has 0 spiro atoms. The van der Waals surface area contributed by atoms with Gasteiger partial charge in [0.1, 0.15) is 16.1 Å². The van der Waals surface area contributed by atoms with Crippen molar-refractivity contribution in [2.75, 3.05) is 27.7 Å². The molecule has 7 nitrogen and oxygen atoms in total. The fourth-order valence-electron chi connectivity index (χ4n) is 3.34. The maximum Gasteiger partial charge on any atom is 0.442 e. The molecule has 0 amide bonds. The molecule has 0 aliphatic heterocycles. The first-order valence-electron chi connectivity index (χ1n) is 8.97. The van der Waals surface area contributed by atoms with Gasteiger partial charge in [-0.3, -0.25) is 14.9 Å². The van der Waals surface area contributed by atoms with Gasteiger partial charge in [0.15, 0.2) is 0 Å². The number of benzene rings is 2. The average molecular weight is 383 g/mol. The molecule has 0 aliphatic carbocycles. The number of para-hydroxylation sites is 1. The summed E-state index contributed by atoms with van der Waals surface area (Å²) in [6.45, 7) is 0.641. The summed E-state index contributed by atoms with van der Waals surface area (Å²) in [4.78, 5) is 23.0. The first-order chi connectivity index (χ1) is 13.2. The van der Waals surface area contributed by atoms with Crippen LogP contribution >= 0.6 is 0 Å². The lowest BCUT2D eigenvalue weighted by Crippen LogP contribution is -2.36. The number of quaternary nitrogens is 1. The molecule has 1 unspecified atom stereocenters. The molecule has 0 aliphatic rings. The van der Waals surface area contributed by atoms with E-state index in [4.69, 9.17) is 4.42 Å². The Morgan fingerprint density at radius 3 is 2.39 bits per heavy atom. The zero-order chi connectivity index (χ0) is 20.5. The van der Waals surface area contributed by atoms with Crippen molar-refractivity contribution < 1.29 is 23.7 Å². The summed E-state index contributed by atoms with van der Waals surface area (Å²) < 4.78 is 6.26. The molecule has 28 heavy (non-hydrogen) atoms. The Balaban J connectivity index is 2.20. The third-order valence-corrected chi connectivity index (χ3v) is 4.72. The van der Waals surface area contributed by atoms with Crippen molar-refractivity contribution in [3.8, 4) is 11.1 Å². The van der Waals surface area contributed by atoms with Gasteiger partial charge >= 0.3 is 11.9 Å². The molecule has 0 saturated heterocycles. The highest BCUT2D eigenvalue weighted by Crippen LogP contribution is 2.42. The van der Waals surface area contributed by atoms with Crippen molar-refractivity contribution in [2.45, 2.75) is 12.3 Å². The van der Waals surface area contributed by atoms with Gasteiger partial charge in [-0.15, -0.1) is 0 Å². The van der Waals surface area contributed by atoms with Gasteiger partial charge in [-0.05, 0) is 5.56 Å². The molecule has 1 aromatic heterocycles. The topological polar surface area (TPSA) is 93.6 Å². The van der Waals surface area contributed by atoms with E-state index in [1.54, 1.807) is 42.5 Å². The van der Waals surface area contributed by atoms with Crippen LogP contribution in [0.2, 0.25) is 0 Å². The Kier molecular flexibility index (Phi) is 5.20. The predicted molar refractivity (Wildman–Crippen MR) is 106 cm³/mol. The Bertz CT molecular complexity index is 1020. The number of nitrogens with zero attached hydrogens (tertiary/aromatic N) is 2. The maximum absolute atomic E-state index is 12.0. The van der Waals surface area contributed by atoms with Gasteiger partial charge in [-0.25, -0.2) is 0 Å². The van der Waals surface area contributed by atoms with Crippen molar-refractivity contribution >= 4 is 22.8 Å². The van der Waals surface area contributed by atoms with Gasteiger partial charge in [-0.2, -0.15) is 0 Å². The summed E-state index contributed by atoms with van der Waals surface area (Å²) in [6.07, 6.45) is 0.396. The smallest absolute Gasteiger partial charge is 0.442 e. The third kappa shape index (κ3) is 3.89. The van der Waals surface area contributed by atoms with Gasteiger partial charge in [0.25, 0.3) is 0 Å². The van der Waals surface area contributed by atoms with Gasteiger partial charge in [-0.1, -0.05) is 48.5 Å². The van der Waals surface area contributed by atoms with E-state index in [1.165, 1.54) is 0 Å². The number of furan rings is 1. The second kappa shape index (κ2) is 7.44. The minimum atomic E-state index is -0.971. The van der Waals surface area contributed by atoms with Crippen LogP contribution in [0.25, 0.3) is 22.1 Å². The number of rotatable bonds is 7. The van der Waals surface area contributed by atoms with Crippen LogP contribution in [-0.2, 0) is 4.79 Å². The SMILES string of the molecule is C[N+](C)(C)CCC(C(=O)O)c1cccc2c(-c3ccccc3)c([N+](=O)[O-])oc12. The van der Waals surface area contributed by atoms with Crippen LogP contribution in [0.15, 0.2) is 52.9 Å². The number of carboxylic acid groups (broad SMARTS) is 1. The fourth-order valence-corrected chi connectivity index (χ4v) is 3.34. The average Bonchev–Trinajstić information content (AvgIpc) is 3.02. The maximum atomic E-state index is 12.0. The Morgan fingerprint density at radius 2 is 1.82 bits per heavy atom. The van der Waals surface area contributed by atoms with Crippen molar-refractivity contribution in [3.63, 3.8) is 0 Å². The summed E-state index contributed by atoms with van der Waals surface area (Å²) in [6, 6.07) is 14.1. The molecular weight excluding hydrogens is 360 g/mol. The van der Waals surface area contributed by atoms with Gasteiger partial charge in [0.2, 0.25) is 0 Å². The zero-order valence-electron chi connectivity index (χ0n) is 16.1. The van der Waals surface area contributed by atoms with Crippen LogP contribution in [0.5, 0.6) is 0 Å². The summed E-state index contributed by atoms with van der Waals surface area (Å²) in [5.41, 5.74) is 1.76. The predicted octanol–water partition coefficient (Wildman–Crippen LogP) is 4.27. The lowest BCUT2D eigenvalue weighted by atomic mass is 9.92. The highest BCUT2D eigenvalue weighted by molar-refractivity contribution is 6.01. The van der Waals surface area contributed by atoms with Crippen LogP contribution in [-0.4, -0.2) is 48.2 Å². The van der Waals surface area contributed by atoms with E-state index in [0.717, 1.165) is 0 Å². The van der Waals surface area contributed by atoms with Gasteiger partial charge < -0.3 is 14.0 Å². The quantitative estimate of drug-likeness (QED) is 0.373. The normalized spacial score (nSPS) is 12.8. The minimum Gasteiger partial charge on any atom is -0.481 e. The fraction of sp³-hybridized carbons (Fsp3) is 0.286. The van der Waals surface area contributed by atoms with E-state index in [9.17, 15) is 20.0 Å².